The maximum Gasteiger partial charge on any atom is 0.242 e. The Labute approximate surface area is 159 Å². The average molecular weight is 382 g/mol. The number of aliphatic hydroxyl groups is 6. The van der Waals surface area contributed by atoms with Gasteiger partial charge in [-0.25, -0.2) is 9.97 Å². The van der Waals surface area contributed by atoms with E-state index in [1.54, 1.807) is 12.3 Å². The first-order valence-electron chi connectivity index (χ1n) is 8.30. The van der Waals surface area contributed by atoms with Gasteiger partial charge >= 0.3 is 0 Å². The van der Waals surface area contributed by atoms with E-state index < -0.39 is 27.9 Å². The van der Waals surface area contributed by atoms with Gasteiger partial charge in [-0.2, -0.15) is 5.10 Å². The number of H-pyrrole nitrogens is 1. The lowest BCUT2D eigenvalue weighted by atomic mass is 9.57. The van der Waals surface area contributed by atoms with Crippen LogP contribution >= 0.6 is 0 Å². The van der Waals surface area contributed by atoms with Crippen LogP contribution in [0.2, 0.25) is 5.31 Å². The zero-order valence-corrected chi connectivity index (χ0v) is 14.2. The van der Waals surface area contributed by atoms with Crippen molar-refractivity contribution in [3.8, 4) is 11.3 Å². The van der Waals surface area contributed by atoms with E-state index in [-0.39, 0.29) is 6.54 Å². The number of aromatic nitrogens is 5. The Hall–Kier alpha value is -2.28. The molecule has 0 aromatic carbocycles. The van der Waals surface area contributed by atoms with E-state index in [9.17, 15) is 30.6 Å². The molecule has 4 heterocycles. The minimum Gasteiger partial charge on any atom is -0.394 e. The summed E-state index contributed by atoms with van der Waals surface area (Å²) in [4.78, 5) is 11.3. The Bertz CT molecular complexity index is 1110. The fourth-order valence-electron chi connectivity index (χ4n) is 4.19. The average Bonchev–Trinajstić information content (AvgIpc) is 3.00. The molecule has 1 aliphatic carbocycles. The van der Waals surface area contributed by atoms with Crippen LogP contribution in [0.1, 0.15) is 0 Å². The Morgan fingerprint density at radius 1 is 1.11 bits per heavy atom. The highest BCUT2D eigenvalue weighted by Crippen LogP contribution is 2.75. The third-order valence-electron chi connectivity index (χ3n) is 5.95. The first-order chi connectivity index (χ1) is 13.0. The van der Waals surface area contributed by atoms with Crippen LogP contribution in [0.5, 0.6) is 0 Å². The number of nitrogens with zero attached hydrogens (tertiary/aromatic N) is 4. The predicted molar refractivity (Wildman–Crippen MR) is 93.5 cm³/mol. The van der Waals surface area contributed by atoms with Crippen LogP contribution in [0.15, 0.2) is 31.0 Å². The van der Waals surface area contributed by atoms with E-state index >= 15 is 0 Å². The van der Waals surface area contributed by atoms with E-state index in [1.165, 1.54) is 23.4 Å². The van der Waals surface area contributed by atoms with Crippen LogP contribution in [0.25, 0.3) is 22.3 Å². The van der Waals surface area contributed by atoms with Crippen molar-refractivity contribution in [2.45, 2.75) is 34.4 Å². The Kier molecular flexibility index (Phi) is 3.06. The van der Waals surface area contributed by atoms with Crippen molar-refractivity contribution in [3.05, 3.63) is 31.0 Å². The number of hydrogen-bond acceptors (Lipinski definition) is 9. The molecule has 141 valence electrons. The SMILES string of the molecule is [B]C1(O)C(O)(O)C(O)(O)C2(O)[B]C12Cn1cc(-c2ncnc3[nH]ccc23)cn1. The van der Waals surface area contributed by atoms with Gasteiger partial charge in [0.25, 0.3) is 0 Å². The summed E-state index contributed by atoms with van der Waals surface area (Å²) in [5.41, 5.74) is -3.72. The minimum absolute atomic E-state index is 0.358. The summed E-state index contributed by atoms with van der Waals surface area (Å²) < 4.78 is 1.28. The van der Waals surface area contributed by atoms with Crippen molar-refractivity contribution in [2.75, 3.05) is 0 Å². The maximum absolute atomic E-state index is 10.5. The molecule has 13 heteroatoms. The molecular formula is C15H14B2N5O6. The summed E-state index contributed by atoms with van der Waals surface area (Å²) in [5.74, 6) is -7.06. The smallest absolute Gasteiger partial charge is 0.242 e. The quantitative estimate of drug-likeness (QED) is 0.180. The van der Waals surface area contributed by atoms with Crippen molar-refractivity contribution >= 4 is 26.2 Å². The van der Waals surface area contributed by atoms with E-state index in [0.717, 1.165) is 12.7 Å². The highest BCUT2D eigenvalue weighted by Gasteiger charge is 2.96. The van der Waals surface area contributed by atoms with Gasteiger partial charge in [-0.05, 0) is 6.07 Å². The second kappa shape index (κ2) is 4.82. The highest BCUT2D eigenvalue weighted by molar-refractivity contribution is 6.63. The molecule has 0 amide bonds. The molecule has 3 unspecified atom stereocenters. The van der Waals surface area contributed by atoms with Gasteiger partial charge in [0, 0.05) is 35.2 Å². The predicted octanol–water partition coefficient (Wildman–Crippen LogP) is -3.38. The van der Waals surface area contributed by atoms with Gasteiger partial charge in [-0.1, -0.05) is 0 Å². The van der Waals surface area contributed by atoms with Crippen LogP contribution < -0.4 is 0 Å². The number of nitrogens with one attached hydrogen (secondary N) is 1. The van der Waals surface area contributed by atoms with Crippen molar-refractivity contribution < 1.29 is 30.6 Å². The molecule has 3 radical (unpaired) electrons. The van der Waals surface area contributed by atoms with Crippen LogP contribution in [-0.4, -0.2) is 93.1 Å². The molecule has 5 rings (SSSR count). The molecule has 1 aliphatic heterocycles. The first kappa shape index (κ1) is 17.8. The zero-order chi connectivity index (χ0) is 20.2. The van der Waals surface area contributed by atoms with Crippen molar-refractivity contribution in [1.29, 1.82) is 0 Å². The molecule has 2 fully saturated rings. The number of rotatable bonds is 3. The molecule has 2 aliphatic rings. The van der Waals surface area contributed by atoms with Gasteiger partial charge in [0.2, 0.25) is 11.6 Å². The van der Waals surface area contributed by atoms with Crippen molar-refractivity contribution in [2.24, 2.45) is 0 Å². The summed E-state index contributed by atoms with van der Waals surface area (Å²) in [6, 6.07) is 1.79. The van der Waals surface area contributed by atoms with Gasteiger partial charge in [0.05, 0.1) is 22.9 Å². The maximum atomic E-state index is 10.5. The van der Waals surface area contributed by atoms with E-state index in [0.29, 0.717) is 16.9 Å². The summed E-state index contributed by atoms with van der Waals surface area (Å²) in [6.45, 7) is -0.358. The monoisotopic (exact) mass is 382 g/mol. The molecule has 7 N–H and O–H groups in total. The van der Waals surface area contributed by atoms with Crippen LogP contribution in [0, 0.1) is 0 Å². The molecule has 1 saturated carbocycles. The molecule has 3 atom stereocenters. The number of hydrogen-bond donors (Lipinski definition) is 7. The molecule has 3 aromatic rings. The lowest BCUT2D eigenvalue weighted by Crippen LogP contribution is -2.69. The van der Waals surface area contributed by atoms with Crippen molar-refractivity contribution in [3.63, 3.8) is 0 Å². The molecule has 0 spiro atoms. The Morgan fingerprint density at radius 3 is 2.54 bits per heavy atom. The van der Waals surface area contributed by atoms with Crippen LogP contribution in [0.4, 0.5) is 0 Å². The second-order valence-corrected chi connectivity index (χ2v) is 7.38. The summed E-state index contributed by atoms with van der Waals surface area (Å²) in [7, 11) is 6.60. The fraction of sp³-hybridized carbons (Fsp3) is 0.400. The third kappa shape index (κ3) is 1.71. The van der Waals surface area contributed by atoms with Gasteiger partial charge < -0.3 is 35.6 Å². The molecule has 11 nitrogen and oxygen atoms in total. The molecule has 0 bridgehead atoms. The van der Waals surface area contributed by atoms with E-state index in [4.69, 9.17) is 7.85 Å². The van der Waals surface area contributed by atoms with Gasteiger partial charge in [-0.15, -0.1) is 0 Å². The lowest BCUT2D eigenvalue weighted by Gasteiger charge is -2.42. The van der Waals surface area contributed by atoms with Crippen LogP contribution in [0.3, 0.4) is 0 Å². The standard InChI is InChI=1S/C15H14B2N5O6/c16-12(23)11(13(24,17-11)15(27,28)14(12,25)26)5-22-4-7(3-21-22)9-8-1-2-18-10(8)20-6-19-9/h1-4,6,23-28H,5H2,(H,18,19,20). The van der Waals surface area contributed by atoms with Gasteiger partial charge in [0.15, 0.2) is 7.28 Å². The minimum atomic E-state index is -3.58. The zero-order valence-electron chi connectivity index (χ0n) is 14.2. The topological polar surface area (TPSA) is 181 Å². The molecule has 3 aromatic heterocycles. The number of fused-ring (bicyclic) bond motifs is 2. The third-order valence-corrected chi connectivity index (χ3v) is 5.95. The molecular weight excluding hydrogens is 368 g/mol. The largest absolute Gasteiger partial charge is 0.394 e. The summed E-state index contributed by atoms with van der Waals surface area (Å²) >= 11 is 0. The van der Waals surface area contributed by atoms with E-state index in [1.807, 2.05) is 0 Å². The Balaban J connectivity index is 1.53. The Morgan fingerprint density at radius 2 is 1.86 bits per heavy atom. The molecule has 1 saturated heterocycles. The van der Waals surface area contributed by atoms with Gasteiger partial charge in [0.1, 0.15) is 19.8 Å². The van der Waals surface area contributed by atoms with Crippen molar-refractivity contribution in [1.82, 2.24) is 24.7 Å². The summed E-state index contributed by atoms with van der Waals surface area (Å²) in [6.07, 6.45) is 6.11. The second-order valence-electron chi connectivity index (χ2n) is 7.38. The van der Waals surface area contributed by atoms with Crippen LogP contribution in [-0.2, 0) is 6.54 Å². The highest BCUT2D eigenvalue weighted by atomic mass is 16.6. The molecule has 28 heavy (non-hydrogen) atoms. The summed E-state index contributed by atoms with van der Waals surface area (Å²) in [5, 5.41) is 64.0. The lowest BCUT2D eigenvalue weighted by molar-refractivity contribution is -0.388. The van der Waals surface area contributed by atoms with E-state index in [2.05, 4.69) is 20.1 Å². The first-order valence-corrected chi connectivity index (χ1v) is 8.30. The fourth-order valence-corrected chi connectivity index (χ4v) is 4.19. The normalized spacial score (nSPS) is 34.9. The van der Waals surface area contributed by atoms with Gasteiger partial charge in [-0.3, -0.25) is 4.68 Å². The number of aromatic amines is 1.